The van der Waals surface area contributed by atoms with Crippen LogP contribution in [0.15, 0.2) is 115 Å². The van der Waals surface area contributed by atoms with Crippen LogP contribution in [0.2, 0.25) is 0 Å². The third-order valence-electron chi connectivity index (χ3n) is 7.06. The average Bonchev–Trinajstić information content (AvgIpc) is 2.99. The van der Waals surface area contributed by atoms with E-state index in [4.69, 9.17) is 19.9 Å². The molecule has 2 N–H and O–H groups in total. The Hall–Kier alpha value is -5.28. The molecule has 4 aromatic carbocycles. The number of nitrogens with two attached hydrogens (primary N) is 1. The number of fused-ring (bicyclic) bond motifs is 1. The second-order valence-electron chi connectivity index (χ2n) is 11.1. The van der Waals surface area contributed by atoms with Gasteiger partial charge in [-0.1, -0.05) is 93.6 Å². The molecule has 6 heteroatoms. The van der Waals surface area contributed by atoms with Crippen LogP contribution in [-0.4, -0.2) is 5.97 Å². The number of hydrogen-bond donors (Lipinski definition) is 1. The van der Waals surface area contributed by atoms with Crippen molar-refractivity contribution in [2.45, 2.75) is 38.7 Å². The number of nitrogens with zero attached hydrogens (tertiary/aromatic N) is 1. The number of hydrogen-bond acceptors (Lipinski definition) is 6. The van der Waals surface area contributed by atoms with Gasteiger partial charge >= 0.3 is 5.97 Å². The van der Waals surface area contributed by atoms with Crippen molar-refractivity contribution in [2.24, 2.45) is 5.73 Å². The molecule has 6 nitrogen and oxygen atoms in total. The molecular weight excluding hydrogens is 524 g/mol. The number of allylic oxidation sites excluding steroid dienone is 1. The summed E-state index contributed by atoms with van der Waals surface area (Å²) in [5.41, 5.74) is 11.3. The fraction of sp³-hybridized carbons (Fsp3) is 0.167. The predicted molar refractivity (Wildman–Crippen MR) is 163 cm³/mol. The molecule has 0 aromatic heterocycles. The van der Waals surface area contributed by atoms with Gasteiger partial charge in [0.05, 0.1) is 5.92 Å². The van der Waals surface area contributed by atoms with Crippen molar-refractivity contribution < 1.29 is 19.0 Å². The van der Waals surface area contributed by atoms with E-state index < -0.39 is 11.9 Å². The number of nitriles is 1. The number of rotatable bonds is 7. The zero-order valence-corrected chi connectivity index (χ0v) is 23.8. The molecule has 0 fully saturated rings. The minimum absolute atomic E-state index is 0.0153. The Kier molecular flexibility index (Phi) is 8.12. The third kappa shape index (κ3) is 6.54. The highest BCUT2D eigenvalue weighted by atomic mass is 16.5. The molecule has 210 valence electrons. The molecule has 4 aromatic rings. The maximum absolute atomic E-state index is 12.6. The van der Waals surface area contributed by atoms with Gasteiger partial charge in [0.25, 0.3) is 0 Å². The van der Waals surface area contributed by atoms with Crippen LogP contribution in [0.1, 0.15) is 54.5 Å². The molecule has 1 aliphatic rings. The maximum Gasteiger partial charge on any atom is 0.336 e. The van der Waals surface area contributed by atoms with Crippen molar-refractivity contribution >= 4 is 12.0 Å². The normalized spacial score (nSPS) is 14.6. The summed E-state index contributed by atoms with van der Waals surface area (Å²) in [6.45, 7) is 6.92. The van der Waals surface area contributed by atoms with Crippen molar-refractivity contribution in [3.05, 3.63) is 142 Å². The zero-order chi connectivity index (χ0) is 29.7. The summed E-state index contributed by atoms with van der Waals surface area (Å²) in [7, 11) is 0. The van der Waals surface area contributed by atoms with E-state index in [-0.39, 0.29) is 11.3 Å². The van der Waals surface area contributed by atoms with Crippen LogP contribution in [0.25, 0.3) is 6.08 Å². The van der Waals surface area contributed by atoms with Crippen LogP contribution < -0.4 is 19.9 Å². The van der Waals surface area contributed by atoms with Crippen LogP contribution in [0, 0.1) is 11.3 Å². The summed E-state index contributed by atoms with van der Waals surface area (Å²) < 4.78 is 17.3. The van der Waals surface area contributed by atoms with E-state index >= 15 is 0 Å². The van der Waals surface area contributed by atoms with Gasteiger partial charge in [0, 0.05) is 17.7 Å². The predicted octanol–water partition coefficient (Wildman–Crippen LogP) is 7.40. The van der Waals surface area contributed by atoms with Gasteiger partial charge in [-0.3, -0.25) is 0 Å². The molecular formula is C36H32N2O4. The van der Waals surface area contributed by atoms with Gasteiger partial charge in [0.15, 0.2) is 0 Å². The minimum atomic E-state index is -0.519. The van der Waals surface area contributed by atoms with Gasteiger partial charge in [-0.2, -0.15) is 5.26 Å². The molecule has 0 bridgehead atoms. The van der Waals surface area contributed by atoms with E-state index in [9.17, 15) is 10.1 Å². The zero-order valence-electron chi connectivity index (χ0n) is 23.8. The average molecular weight is 557 g/mol. The smallest absolute Gasteiger partial charge is 0.336 e. The summed E-state index contributed by atoms with van der Waals surface area (Å²) in [5, 5.41) is 9.90. The molecule has 1 unspecified atom stereocenters. The van der Waals surface area contributed by atoms with E-state index in [2.05, 4.69) is 39.0 Å². The SMILES string of the molecule is CC(C)(C)c1ccc(/C=C/C(=O)Oc2ccc3c(c2)OC(N)=C(C#N)C3c2ccc(OCc3ccccc3)cc2)cc1. The molecule has 1 heterocycles. The van der Waals surface area contributed by atoms with Gasteiger partial charge in [0.2, 0.25) is 5.88 Å². The minimum Gasteiger partial charge on any atom is -0.489 e. The number of ether oxygens (including phenoxy) is 3. The fourth-order valence-corrected chi connectivity index (χ4v) is 4.75. The monoisotopic (exact) mass is 556 g/mol. The van der Waals surface area contributed by atoms with E-state index in [1.807, 2.05) is 66.7 Å². The molecule has 0 saturated heterocycles. The van der Waals surface area contributed by atoms with Crippen LogP contribution in [0.5, 0.6) is 17.2 Å². The van der Waals surface area contributed by atoms with Gasteiger partial charge in [-0.25, -0.2) is 4.79 Å². The van der Waals surface area contributed by atoms with Crippen molar-refractivity contribution in [1.29, 1.82) is 5.26 Å². The lowest BCUT2D eigenvalue weighted by atomic mass is 9.83. The van der Waals surface area contributed by atoms with Crippen molar-refractivity contribution in [3.8, 4) is 23.3 Å². The highest BCUT2D eigenvalue weighted by Gasteiger charge is 2.31. The highest BCUT2D eigenvalue weighted by molar-refractivity contribution is 5.88. The lowest BCUT2D eigenvalue weighted by molar-refractivity contribution is -0.128. The summed E-state index contributed by atoms with van der Waals surface area (Å²) in [4.78, 5) is 12.6. The number of esters is 1. The Morgan fingerprint density at radius 3 is 2.31 bits per heavy atom. The molecule has 0 radical (unpaired) electrons. The number of benzene rings is 4. The Morgan fingerprint density at radius 2 is 1.64 bits per heavy atom. The second-order valence-corrected chi connectivity index (χ2v) is 11.1. The molecule has 1 atom stereocenters. The van der Waals surface area contributed by atoms with E-state index in [0.29, 0.717) is 29.4 Å². The first-order valence-corrected chi connectivity index (χ1v) is 13.7. The molecule has 0 spiro atoms. The molecule has 5 rings (SSSR count). The van der Waals surface area contributed by atoms with Gasteiger partial charge < -0.3 is 19.9 Å². The second kappa shape index (κ2) is 12.1. The van der Waals surface area contributed by atoms with Crippen molar-refractivity contribution in [1.82, 2.24) is 0 Å². The third-order valence-corrected chi connectivity index (χ3v) is 7.06. The quantitative estimate of drug-likeness (QED) is 0.145. The van der Waals surface area contributed by atoms with Gasteiger partial charge in [-0.05, 0) is 51.9 Å². The first-order valence-electron chi connectivity index (χ1n) is 13.7. The number of carbonyl (C=O) groups excluding carboxylic acids is 1. The number of carbonyl (C=O) groups is 1. The first kappa shape index (κ1) is 28.3. The van der Waals surface area contributed by atoms with E-state index in [0.717, 1.165) is 22.3 Å². The molecule has 0 saturated carbocycles. The summed E-state index contributed by atoms with van der Waals surface area (Å²) in [6, 6.07) is 32.9. The Morgan fingerprint density at radius 1 is 0.952 bits per heavy atom. The van der Waals surface area contributed by atoms with Crippen LogP contribution in [0.4, 0.5) is 0 Å². The van der Waals surface area contributed by atoms with Crippen LogP contribution in [0.3, 0.4) is 0 Å². The summed E-state index contributed by atoms with van der Waals surface area (Å²) in [5.74, 6) is 0.500. The standard InChI is InChI=1S/C36H32N2O4/c1-36(2,3)27-14-9-24(10-15-27)11-20-33(39)41-29-18-19-30-32(21-29)42-35(38)31(22-37)34(30)26-12-16-28(17-13-26)40-23-25-7-5-4-6-8-25/h4-21,34H,23,38H2,1-3H3/b20-11+. The lowest BCUT2D eigenvalue weighted by Crippen LogP contribution is -2.21. The lowest BCUT2D eigenvalue weighted by Gasteiger charge is -2.26. The highest BCUT2D eigenvalue weighted by Crippen LogP contribution is 2.43. The topological polar surface area (TPSA) is 94.6 Å². The summed E-state index contributed by atoms with van der Waals surface area (Å²) in [6.07, 6.45) is 3.10. The molecule has 1 aliphatic heterocycles. The van der Waals surface area contributed by atoms with Gasteiger partial charge in [0.1, 0.15) is 35.5 Å². The Balaban J connectivity index is 1.30. The first-order chi connectivity index (χ1) is 20.2. The largest absolute Gasteiger partial charge is 0.489 e. The molecule has 0 aliphatic carbocycles. The fourth-order valence-electron chi connectivity index (χ4n) is 4.75. The van der Waals surface area contributed by atoms with E-state index in [1.165, 1.54) is 11.6 Å². The van der Waals surface area contributed by atoms with Crippen molar-refractivity contribution in [2.75, 3.05) is 0 Å². The Labute approximate surface area is 246 Å². The molecule has 42 heavy (non-hydrogen) atoms. The van der Waals surface area contributed by atoms with Crippen LogP contribution >= 0.6 is 0 Å². The Bertz CT molecular complexity index is 1670. The van der Waals surface area contributed by atoms with Gasteiger partial charge in [-0.15, -0.1) is 0 Å². The molecule has 0 amide bonds. The van der Waals surface area contributed by atoms with Crippen LogP contribution in [-0.2, 0) is 16.8 Å². The van der Waals surface area contributed by atoms with E-state index in [1.54, 1.807) is 24.3 Å². The maximum atomic E-state index is 12.6. The van der Waals surface area contributed by atoms with Crippen molar-refractivity contribution in [3.63, 3.8) is 0 Å². The summed E-state index contributed by atoms with van der Waals surface area (Å²) >= 11 is 0.